The maximum Gasteiger partial charge on any atom is 0.255 e. The summed E-state index contributed by atoms with van der Waals surface area (Å²) in [6.07, 6.45) is -0.00809. The van der Waals surface area contributed by atoms with Gasteiger partial charge in [-0.25, -0.2) is 4.39 Å². The lowest BCUT2D eigenvalue weighted by atomic mass is 9.83. The first-order valence-electron chi connectivity index (χ1n) is 10.2. The van der Waals surface area contributed by atoms with Crippen LogP contribution in [0.25, 0.3) is 0 Å². The highest BCUT2D eigenvalue weighted by Crippen LogP contribution is 2.51. The Morgan fingerprint density at radius 1 is 1.00 bits per heavy atom. The molecule has 0 radical (unpaired) electrons. The summed E-state index contributed by atoms with van der Waals surface area (Å²) in [7, 11) is 4.42. The van der Waals surface area contributed by atoms with Crippen LogP contribution in [0.4, 0.5) is 15.8 Å². The van der Waals surface area contributed by atoms with Crippen molar-refractivity contribution in [2.45, 2.75) is 12.3 Å². The number of carbonyl (C=O) groups excluding carboxylic acids is 2. The van der Waals surface area contributed by atoms with E-state index in [1.54, 1.807) is 36.4 Å². The van der Waals surface area contributed by atoms with E-state index in [0.29, 0.717) is 39.8 Å². The number of carbonyl (C=O) groups is 2. The van der Waals surface area contributed by atoms with E-state index in [-0.39, 0.29) is 23.8 Å². The third-order valence-electron chi connectivity index (χ3n) is 5.55. The second-order valence-corrected chi connectivity index (χ2v) is 7.47. The summed E-state index contributed by atoms with van der Waals surface area (Å²) in [6, 6.07) is 14.6. The van der Waals surface area contributed by atoms with Gasteiger partial charge in [-0.2, -0.15) is 0 Å². The molecule has 33 heavy (non-hydrogen) atoms. The lowest BCUT2D eigenvalue weighted by Gasteiger charge is -2.30. The number of anilines is 2. The van der Waals surface area contributed by atoms with Gasteiger partial charge in [-0.1, -0.05) is 18.2 Å². The van der Waals surface area contributed by atoms with Gasteiger partial charge in [0.05, 0.1) is 27.0 Å². The number of halogens is 1. The standard InChI is InChI=1S/C25H23FN2O5/c1-31-20-13-19-22(24(33-3)23(20)32-2)17(12-21(29)28-19)16-11-15(9-10-18(16)26)27-25(30)14-7-5-4-6-8-14/h4-11,13,17H,12H2,1-3H3,(H,27,30)(H,28,29). The van der Waals surface area contributed by atoms with Crippen molar-refractivity contribution in [3.05, 3.63) is 77.1 Å². The molecule has 8 heteroatoms. The van der Waals surface area contributed by atoms with Crippen molar-refractivity contribution in [3.8, 4) is 17.2 Å². The van der Waals surface area contributed by atoms with Crippen LogP contribution in [0.1, 0.15) is 33.8 Å². The van der Waals surface area contributed by atoms with E-state index in [2.05, 4.69) is 10.6 Å². The molecule has 0 saturated carbocycles. The molecule has 0 aliphatic carbocycles. The topological polar surface area (TPSA) is 85.9 Å². The van der Waals surface area contributed by atoms with Gasteiger partial charge in [0.1, 0.15) is 5.82 Å². The van der Waals surface area contributed by atoms with Crippen LogP contribution in [0.5, 0.6) is 17.2 Å². The molecule has 1 heterocycles. The minimum atomic E-state index is -0.669. The van der Waals surface area contributed by atoms with Gasteiger partial charge in [-0.05, 0) is 35.9 Å². The van der Waals surface area contributed by atoms with E-state index in [1.165, 1.54) is 33.5 Å². The van der Waals surface area contributed by atoms with Crippen LogP contribution in [0, 0.1) is 5.82 Å². The third-order valence-corrected chi connectivity index (χ3v) is 5.55. The van der Waals surface area contributed by atoms with Gasteiger partial charge in [0.25, 0.3) is 5.91 Å². The third kappa shape index (κ3) is 4.19. The zero-order valence-corrected chi connectivity index (χ0v) is 18.4. The summed E-state index contributed by atoms with van der Waals surface area (Å²) in [5.74, 6) is -0.715. The molecule has 4 rings (SSSR count). The van der Waals surface area contributed by atoms with Crippen molar-refractivity contribution in [1.82, 2.24) is 0 Å². The zero-order valence-electron chi connectivity index (χ0n) is 18.4. The summed E-state index contributed by atoms with van der Waals surface area (Å²) >= 11 is 0. The molecule has 1 unspecified atom stereocenters. The Morgan fingerprint density at radius 2 is 1.73 bits per heavy atom. The summed E-state index contributed by atoms with van der Waals surface area (Å²) < 4.78 is 31.5. The number of amides is 2. The molecule has 1 aliphatic rings. The van der Waals surface area contributed by atoms with Gasteiger partial charge < -0.3 is 24.8 Å². The number of nitrogens with one attached hydrogen (secondary N) is 2. The van der Waals surface area contributed by atoms with E-state index >= 15 is 4.39 Å². The Labute approximate surface area is 190 Å². The van der Waals surface area contributed by atoms with E-state index < -0.39 is 11.7 Å². The smallest absolute Gasteiger partial charge is 0.255 e. The van der Waals surface area contributed by atoms with Crippen LogP contribution < -0.4 is 24.8 Å². The first kappa shape index (κ1) is 22.1. The average Bonchev–Trinajstić information content (AvgIpc) is 2.83. The van der Waals surface area contributed by atoms with Crippen LogP contribution in [0.3, 0.4) is 0 Å². The minimum Gasteiger partial charge on any atom is -0.493 e. The van der Waals surface area contributed by atoms with Crippen molar-refractivity contribution in [1.29, 1.82) is 0 Å². The minimum absolute atomic E-state index is 0.00809. The Balaban J connectivity index is 1.79. The quantitative estimate of drug-likeness (QED) is 0.574. The van der Waals surface area contributed by atoms with Crippen molar-refractivity contribution in [3.63, 3.8) is 0 Å². The lowest BCUT2D eigenvalue weighted by molar-refractivity contribution is -0.116. The molecule has 0 spiro atoms. The summed E-state index contributed by atoms with van der Waals surface area (Å²) in [5, 5.41) is 5.59. The molecule has 1 aliphatic heterocycles. The second-order valence-electron chi connectivity index (χ2n) is 7.47. The molecule has 2 N–H and O–H groups in total. The number of ether oxygens (including phenoxy) is 3. The summed E-state index contributed by atoms with van der Waals surface area (Å²) in [5.41, 5.74) is 2.16. The summed E-state index contributed by atoms with van der Waals surface area (Å²) in [4.78, 5) is 25.1. The molecule has 0 aromatic heterocycles. The van der Waals surface area contributed by atoms with Gasteiger partial charge in [0.2, 0.25) is 11.7 Å². The van der Waals surface area contributed by atoms with Crippen LogP contribution >= 0.6 is 0 Å². The number of methoxy groups -OCH3 is 3. The average molecular weight is 450 g/mol. The molecule has 170 valence electrons. The zero-order chi connectivity index (χ0) is 23.5. The largest absolute Gasteiger partial charge is 0.493 e. The van der Waals surface area contributed by atoms with Crippen LogP contribution in [-0.4, -0.2) is 33.1 Å². The number of hydrogen-bond donors (Lipinski definition) is 2. The number of benzene rings is 3. The first-order valence-corrected chi connectivity index (χ1v) is 10.2. The highest BCUT2D eigenvalue weighted by Gasteiger charge is 2.35. The van der Waals surface area contributed by atoms with Crippen molar-refractivity contribution in [2.24, 2.45) is 0 Å². The predicted octanol–water partition coefficient (Wildman–Crippen LogP) is 4.58. The van der Waals surface area contributed by atoms with Crippen LogP contribution in [0.2, 0.25) is 0 Å². The molecular formula is C25H23FN2O5. The Bertz CT molecular complexity index is 1210. The van der Waals surface area contributed by atoms with Gasteiger partial charge in [0, 0.05) is 35.2 Å². The normalized spacial score (nSPS) is 14.7. The number of rotatable bonds is 6. The van der Waals surface area contributed by atoms with Gasteiger partial charge in [-0.3, -0.25) is 9.59 Å². The maximum absolute atomic E-state index is 15.1. The van der Waals surface area contributed by atoms with Gasteiger partial charge in [0.15, 0.2) is 11.5 Å². The van der Waals surface area contributed by atoms with Crippen LogP contribution in [-0.2, 0) is 4.79 Å². The van der Waals surface area contributed by atoms with E-state index in [9.17, 15) is 9.59 Å². The Morgan fingerprint density at radius 3 is 2.39 bits per heavy atom. The maximum atomic E-state index is 15.1. The van der Waals surface area contributed by atoms with Crippen molar-refractivity contribution < 1.29 is 28.2 Å². The van der Waals surface area contributed by atoms with E-state index in [1.807, 2.05) is 6.07 Å². The highest BCUT2D eigenvalue weighted by atomic mass is 19.1. The van der Waals surface area contributed by atoms with E-state index in [4.69, 9.17) is 14.2 Å². The fraction of sp³-hybridized carbons (Fsp3) is 0.200. The lowest BCUT2D eigenvalue weighted by Crippen LogP contribution is -2.25. The monoisotopic (exact) mass is 450 g/mol. The Hall–Kier alpha value is -4.07. The number of fused-ring (bicyclic) bond motifs is 1. The van der Waals surface area contributed by atoms with Gasteiger partial charge >= 0.3 is 0 Å². The first-order chi connectivity index (χ1) is 16.0. The highest BCUT2D eigenvalue weighted by molar-refractivity contribution is 6.04. The number of hydrogen-bond acceptors (Lipinski definition) is 5. The predicted molar refractivity (Wildman–Crippen MR) is 122 cm³/mol. The fourth-order valence-electron chi connectivity index (χ4n) is 4.06. The van der Waals surface area contributed by atoms with E-state index in [0.717, 1.165) is 0 Å². The Kier molecular flexibility index (Phi) is 6.17. The molecule has 7 nitrogen and oxygen atoms in total. The molecule has 1 atom stereocenters. The molecule has 3 aromatic carbocycles. The molecule has 0 bridgehead atoms. The van der Waals surface area contributed by atoms with Crippen molar-refractivity contribution >= 4 is 23.2 Å². The SMILES string of the molecule is COc1cc2c(c(OC)c1OC)C(c1cc(NC(=O)c3ccccc3)ccc1F)CC(=O)N2. The fourth-order valence-corrected chi connectivity index (χ4v) is 4.06. The molecule has 2 amide bonds. The molecular weight excluding hydrogens is 427 g/mol. The molecule has 0 saturated heterocycles. The van der Waals surface area contributed by atoms with Crippen LogP contribution in [0.15, 0.2) is 54.6 Å². The van der Waals surface area contributed by atoms with Crippen molar-refractivity contribution in [2.75, 3.05) is 32.0 Å². The second kappa shape index (κ2) is 9.20. The molecule has 0 fully saturated rings. The summed E-state index contributed by atoms with van der Waals surface area (Å²) in [6.45, 7) is 0. The molecule has 3 aromatic rings. The van der Waals surface area contributed by atoms with Gasteiger partial charge in [-0.15, -0.1) is 0 Å².